The molecule has 9 heteroatoms. The van der Waals surface area contributed by atoms with Crippen LogP contribution in [-0.4, -0.2) is 89.6 Å². The summed E-state index contributed by atoms with van der Waals surface area (Å²) in [7, 11) is 0. The maximum absolute atomic E-state index is 12.7. The van der Waals surface area contributed by atoms with E-state index in [-0.39, 0.29) is 25.6 Å². The Balaban J connectivity index is 2.43. The van der Waals surface area contributed by atoms with Gasteiger partial charge in [-0.05, 0) is 77.0 Å². The number of aliphatic hydroxyl groups is 4. The first-order valence-electron chi connectivity index (χ1n) is 19.3. The summed E-state index contributed by atoms with van der Waals surface area (Å²) in [5.74, 6) is -0.373. The Morgan fingerprint density at radius 3 is 1.63 bits per heavy atom. The molecular formula is C43H68O9. The molecule has 1 aliphatic rings. The fourth-order valence-electron chi connectivity index (χ4n) is 5.04. The lowest BCUT2D eigenvalue weighted by Crippen LogP contribution is -2.59. The van der Waals surface area contributed by atoms with Crippen molar-refractivity contribution in [3.05, 3.63) is 97.2 Å². The van der Waals surface area contributed by atoms with Crippen molar-refractivity contribution in [3.63, 3.8) is 0 Å². The fraction of sp³-hybridized carbons (Fsp3) is 0.605. The third-order valence-electron chi connectivity index (χ3n) is 8.01. The molecule has 0 aromatic rings. The van der Waals surface area contributed by atoms with E-state index in [0.717, 1.165) is 70.6 Å². The van der Waals surface area contributed by atoms with E-state index in [4.69, 9.17) is 18.9 Å². The second kappa shape index (κ2) is 33.9. The minimum Gasteiger partial charge on any atom is -0.457 e. The molecule has 0 amide bonds. The first-order chi connectivity index (χ1) is 25.4. The van der Waals surface area contributed by atoms with Crippen molar-refractivity contribution in [2.24, 2.45) is 0 Å². The molecule has 1 heterocycles. The number of carbonyl (C=O) groups excluding carboxylic acids is 1. The monoisotopic (exact) mass is 728 g/mol. The fourth-order valence-corrected chi connectivity index (χ4v) is 5.04. The smallest absolute Gasteiger partial charge is 0.306 e. The third-order valence-corrected chi connectivity index (χ3v) is 8.01. The van der Waals surface area contributed by atoms with Crippen molar-refractivity contribution in [1.82, 2.24) is 0 Å². The maximum Gasteiger partial charge on any atom is 0.306 e. The van der Waals surface area contributed by atoms with Gasteiger partial charge in [0.2, 0.25) is 0 Å². The number of hydrogen-bond donors (Lipinski definition) is 4. The summed E-state index contributed by atoms with van der Waals surface area (Å²) < 4.78 is 22.5. The molecule has 1 fully saturated rings. The zero-order valence-electron chi connectivity index (χ0n) is 31.8. The average Bonchev–Trinajstić information content (AvgIpc) is 3.14. The van der Waals surface area contributed by atoms with E-state index in [1.165, 1.54) is 0 Å². The van der Waals surface area contributed by atoms with Crippen molar-refractivity contribution >= 4 is 5.97 Å². The lowest BCUT2D eigenvalue weighted by atomic mass is 9.99. The zero-order chi connectivity index (χ0) is 37.9. The average molecular weight is 729 g/mol. The van der Waals surface area contributed by atoms with Crippen LogP contribution in [-0.2, 0) is 23.7 Å². The Kier molecular flexibility index (Phi) is 30.7. The van der Waals surface area contributed by atoms with Crippen molar-refractivity contribution in [1.29, 1.82) is 0 Å². The molecule has 6 unspecified atom stereocenters. The molecule has 6 atom stereocenters. The van der Waals surface area contributed by atoms with Crippen LogP contribution < -0.4 is 0 Å². The Bertz CT molecular complexity index is 1100. The van der Waals surface area contributed by atoms with Crippen LogP contribution in [0.15, 0.2) is 97.2 Å². The van der Waals surface area contributed by atoms with E-state index < -0.39 is 43.4 Å². The summed E-state index contributed by atoms with van der Waals surface area (Å²) in [6.45, 7) is 4.02. The first-order valence-corrected chi connectivity index (χ1v) is 19.3. The Hall–Kier alpha value is -2.89. The van der Waals surface area contributed by atoms with Crippen LogP contribution in [0, 0.1) is 0 Å². The molecule has 1 saturated heterocycles. The Morgan fingerprint density at radius 1 is 0.615 bits per heavy atom. The van der Waals surface area contributed by atoms with Gasteiger partial charge in [-0.15, -0.1) is 0 Å². The predicted octanol–water partition coefficient (Wildman–Crippen LogP) is 7.68. The molecule has 0 aromatic heterocycles. The quantitative estimate of drug-likeness (QED) is 0.0334. The molecule has 0 bridgehead atoms. The summed E-state index contributed by atoms with van der Waals surface area (Å²) >= 11 is 0. The van der Waals surface area contributed by atoms with Gasteiger partial charge >= 0.3 is 5.97 Å². The van der Waals surface area contributed by atoms with Crippen LogP contribution in [0.2, 0.25) is 0 Å². The molecule has 0 aliphatic carbocycles. The zero-order valence-corrected chi connectivity index (χ0v) is 31.8. The number of aliphatic hydroxyl groups excluding tert-OH is 4. The van der Waals surface area contributed by atoms with Gasteiger partial charge in [-0.25, -0.2) is 0 Å². The van der Waals surface area contributed by atoms with Gasteiger partial charge < -0.3 is 39.4 Å². The van der Waals surface area contributed by atoms with E-state index in [2.05, 4.69) is 105 Å². The van der Waals surface area contributed by atoms with Gasteiger partial charge in [-0.2, -0.15) is 0 Å². The lowest BCUT2D eigenvalue weighted by molar-refractivity contribution is -0.305. The summed E-state index contributed by atoms with van der Waals surface area (Å²) in [6.07, 6.45) is 38.8. The summed E-state index contributed by atoms with van der Waals surface area (Å²) in [6, 6.07) is 0. The summed E-state index contributed by atoms with van der Waals surface area (Å²) in [4.78, 5) is 12.7. The van der Waals surface area contributed by atoms with E-state index in [9.17, 15) is 25.2 Å². The van der Waals surface area contributed by atoms with Gasteiger partial charge in [0.1, 0.15) is 30.5 Å². The number of allylic oxidation sites excluding steroid dienone is 15. The highest BCUT2D eigenvalue weighted by atomic mass is 16.7. The van der Waals surface area contributed by atoms with Gasteiger partial charge in [-0.1, -0.05) is 117 Å². The van der Waals surface area contributed by atoms with Crippen LogP contribution in [0.5, 0.6) is 0 Å². The highest BCUT2D eigenvalue weighted by Crippen LogP contribution is 2.22. The molecule has 0 aromatic carbocycles. The molecule has 1 rings (SSSR count). The van der Waals surface area contributed by atoms with Crippen LogP contribution in [0.25, 0.3) is 0 Å². The molecule has 9 nitrogen and oxygen atoms in total. The molecule has 4 N–H and O–H groups in total. The van der Waals surface area contributed by atoms with Crippen LogP contribution in [0.1, 0.15) is 104 Å². The van der Waals surface area contributed by atoms with Crippen LogP contribution >= 0.6 is 0 Å². The van der Waals surface area contributed by atoms with Crippen molar-refractivity contribution in [2.45, 2.75) is 141 Å². The minimum absolute atomic E-state index is 0.0714. The molecule has 0 saturated carbocycles. The highest BCUT2D eigenvalue weighted by Gasteiger charge is 2.44. The summed E-state index contributed by atoms with van der Waals surface area (Å²) in [5, 5.41) is 39.9. The molecule has 294 valence electrons. The molecule has 52 heavy (non-hydrogen) atoms. The molecule has 0 radical (unpaired) electrons. The van der Waals surface area contributed by atoms with E-state index in [1.54, 1.807) is 0 Å². The van der Waals surface area contributed by atoms with E-state index >= 15 is 0 Å². The summed E-state index contributed by atoms with van der Waals surface area (Å²) in [5.41, 5.74) is 0. The van der Waals surface area contributed by atoms with Gasteiger partial charge in [0.15, 0.2) is 6.29 Å². The number of esters is 1. The number of unbranched alkanes of at least 4 members (excludes halogenated alkanes) is 3. The minimum atomic E-state index is -1.56. The topological polar surface area (TPSA) is 135 Å². The van der Waals surface area contributed by atoms with Crippen LogP contribution in [0.4, 0.5) is 0 Å². The first kappa shape index (κ1) is 47.1. The SMILES string of the molecule is CC/C=C\C/C=C\C/C=C\C/C=C\C/C=C\CCOCC(COC1OC(CO)C(O)C(O)C1O)OC(=O)CCCCC/C=C\C/C=C\C/C=C\CC. The second-order valence-corrected chi connectivity index (χ2v) is 12.6. The number of ether oxygens (including phenoxy) is 4. The standard InChI is InChI=1S/C43H68O9/c1-3-5-7-9-11-13-15-17-18-19-21-23-25-27-29-31-33-49-35-37(36-50-43-42(48)41(47)40(46)38(34-44)52-43)51-39(45)32-30-28-26-24-22-20-16-14-12-10-8-6-4-2/h5-8,11-14,17-18,20-23,27,29,37-38,40-44,46-48H,3-4,9-10,15-16,19,24-26,28,30-36H2,1-2H3/b7-5-,8-6-,13-11-,14-12-,18-17-,22-20-,23-21-,29-27-. The van der Waals surface area contributed by atoms with Crippen molar-refractivity contribution in [3.8, 4) is 0 Å². The molecule has 1 aliphatic heterocycles. The molecule has 0 spiro atoms. The number of rotatable bonds is 30. The lowest BCUT2D eigenvalue weighted by Gasteiger charge is -2.39. The van der Waals surface area contributed by atoms with Crippen LogP contribution in [0.3, 0.4) is 0 Å². The van der Waals surface area contributed by atoms with Gasteiger partial charge in [0.05, 0.1) is 26.4 Å². The third kappa shape index (κ3) is 25.1. The normalized spacial score (nSPS) is 22.3. The number of hydrogen-bond acceptors (Lipinski definition) is 9. The van der Waals surface area contributed by atoms with Gasteiger partial charge in [0.25, 0.3) is 0 Å². The Morgan fingerprint density at radius 2 is 1.12 bits per heavy atom. The van der Waals surface area contributed by atoms with Crippen molar-refractivity contribution in [2.75, 3.05) is 26.4 Å². The van der Waals surface area contributed by atoms with Crippen molar-refractivity contribution < 1.29 is 44.2 Å². The Labute approximate surface area is 313 Å². The number of carbonyl (C=O) groups is 1. The largest absolute Gasteiger partial charge is 0.457 e. The van der Waals surface area contributed by atoms with Gasteiger partial charge in [0, 0.05) is 6.42 Å². The maximum atomic E-state index is 12.7. The van der Waals surface area contributed by atoms with Gasteiger partial charge in [-0.3, -0.25) is 4.79 Å². The predicted molar refractivity (Wildman–Crippen MR) is 210 cm³/mol. The second-order valence-electron chi connectivity index (χ2n) is 12.6. The van der Waals surface area contributed by atoms with E-state index in [0.29, 0.717) is 19.4 Å². The van der Waals surface area contributed by atoms with E-state index in [1.807, 2.05) is 6.08 Å². The molecular weight excluding hydrogens is 660 g/mol. The highest BCUT2D eigenvalue weighted by molar-refractivity contribution is 5.69.